The molecule has 0 unspecified atom stereocenters. The van der Waals surface area contributed by atoms with Gasteiger partial charge in [-0.15, -0.1) is 0 Å². The van der Waals surface area contributed by atoms with E-state index in [0.717, 1.165) is 6.42 Å². The fourth-order valence-corrected chi connectivity index (χ4v) is 2.58. The number of aryl methyl sites for hydroxylation is 1. The van der Waals surface area contributed by atoms with Crippen molar-refractivity contribution < 1.29 is 14.3 Å². The molecule has 1 aromatic heterocycles. The number of anilines is 1. The Morgan fingerprint density at radius 1 is 1.26 bits per heavy atom. The fourth-order valence-electron chi connectivity index (χ4n) is 2.38. The molecule has 0 spiro atoms. The number of carbonyl (C=O) groups is 2. The third-order valence-corrected chi connectivity index (χ3v) is 4.03. The van der Waals surface area contributed by atoms with Gasteiger partial charge in [-0.2, -0.15) is 5.26 Å². The second kappa shape index (κ2) is 9.01. The lowest BCUT2D eigenvalue weighted by Gasteiger charge is -2.14. The van der Waals surface area contributed by atoms with Crippen LogP contribution < -0.4 is 15.4 Å². The summed E-state index contributed by atoms with van der Waals surface area (Å²) in [6.45, 7) is 4.12. The largest absolute Gasteiger partial charge is 0.495 e. The third kappa shape index (κ3) is 4.54. The van der Waals surface area contributed by atoms with Crippen LogP contribution in [0.5, 0.6) is 5.75 Å². The van der Waals surface area contributed by atoms with E-state index in [1.165, 1.54) is 19.2 Å². The fraction of sp³-hybridized carbons (Fsp3) is 0.263. The van der Waals surface area contributed by atoms with Crippen LogP contribution in [-0.4, -0.2) is 30.5 Å². The van der Waals surface area contributed by atoms with Gasteiger partial charge in [-0.05, 0) is 37.6 Å². The van der Waals surface area contributed by atoms with Crippen molar-refractivity contribution in [3.8, 4) is 11.8 Å². The number of nitriles is 1. The van der Waals surface area contributed by atoms with E-state index in [1.807, 2.05) is 13.0 Å². The Labute approximate surface area is 162 Å². The molecule has 0 aliphatic carbocycles. The highest BCUT2D eigenvalue weighted by molar-refractivity contribution is 6.32. The zero-order chi connectivity index (χ0) is 20.0. The lowest BCUT2D eigenvalue weighted by Crippen LogP contribution is -2.28. The summed E-state index contributed by atoms with van der Waals surface area (Å²) in [5, 5.41) is 14.9. The molecule has 1 aromatic carbocycles. The topological polar surface area (TPSA) is 104 Å². The number of pyridine rings is 1. The number of hydrogen-bond acceptors (Lipinski definition) is 5. The minimum atomic E-state index is -0.596. The Morgan fingerprint density at radius 3 is 2.63 bits per heavy atom. The molecule has 0 aliphatic heterocycles. The maximum Gasteiger partial charge on any atom is 0.270 e. The molecule has 2 amide bonds. The Kier molecular flexibility index (Phi) is 6.74. The number of aromatic nitrogens is 1. The number of methoxy groups -OCH3 is 1. The second-order valence-corrected chi connectivity index (χ2v) is 6.08. The van der Waals surface area contributed by atoms with Crippen LogP contribution in [0.4, 0.5) is 5.69 Å². The van der Waals surface area contributed by atoms with E-state index in [9.17, 15) is 14.9 Å². The van der Waals surface area contributed by atoms with Gasteiger partial charge in [-0.25, -0.2) is 4.98 Å². The summed E-state index contributed by atoms with van der Waals surface area (Å²) in [6, 6.07) is 8.14. The van der Waals surface area contributed by atoms with E-state index < -0.39 is 11.8 Å². The van der Waals surface area contributed by atoms with Crippen molar-refractivity contribution in [1.29, 1.82) is 5.26 Å². The normalized spacial score (nSPS) is 10.0. The highest BCUT2D eigenvalue weighted by Gasteiger charge is 2.22. The minimum absolute atomic E-state index is 0.0143. The van der Waals surface area contributed by atoms with Gasteiger partial charge in [0.1, 0.15) is 23.2 Å². The zero-order valence-corrected chi connectivity index (χ0v) is 16.0. The van der Waals surface area contributed by atoms with Crippen LogP contribution in [0.1, 0.15) is 45.4 Å². The van der Waals surface area contributed by atoms with Crippen molar-refractivity contribution in [3.63, 3.8) is 0 Å². The molecule has 140 valence electrons. The van der Waals surface area contributed by atoms with E-state index in [0.29, 0.717) is 12.2 Å². The molecule has 7 nitrogen and oxygen atoms in total. The molecule has 2 N–H and O–H groups in total. The number of carbonyl (C=O) groups excluding carboxylic acids is 2. The first kappa shape index (κ1) is 20.2. The molecule has 8 heteroatoms. The Hall–Kier alpha value is -3.11. The van der Waals surface area contributed by atoms with Crippen LogP contribution in [0.2, 0.25) is 5.02 Å². The van der Waals surface area contributed by atoms with E-state index in [1.54, 1.807) is 19.1 Å². The molecule has 1 heterocycles. The first-order valence-electron chi connectivity index (χ1n) is 8.26. The Morgan fingerprint density at radius 2 is 2.00 bits per heavy atom. The number of nitrogens with one attached hydrogen (secondary N) is 2. The van der Waals surface area contributed by atoms with Gasteiger partial charge in [0, 0.05) is 12.2 Å². The van der Waals surface area contributed by atoms with Crippen LogP contribution in [0.3, 0.4) is 0 Å². The van der Waals surface area contributed by atoms with Gasteiger partial charge in [0.05, 0.1) is 23.3 Å². The molecule has 0 bridgehead atoms. The summed E-state index contributed by atoms with van der Waals surface area (Å²) in [7, 11) is 1.41. The summed E-state index contributed by atoms with van der Waals surface area (Å²) < 4.78 is 5.21. The van der Waals surface area contributed by atoms with Gasteiger partial charge in [-0.3, -0.25) is 9.59 Å². The van der Waals surface area contributed by atoms with Crippen molar-refractivity contribution in [2.45, 2.75) is 20.3 Å². The van der Waals surface area contributed by atoms with Gasteiger partial charge in [0.15, 0.2) is 0 Å². The number of benzene rings is 1. The number of rotatable bonds is 6. The quantitative estimate of drug-likeness (QED) is 0.792. The van der Waals surface area contributed by atoms with E-state index in [-0.39, 0.29) is 33.3 Å². The molecule has 0 saturated heterocycles. The lowest BCUT2D eigenvalue weighted by molar-refractivity contribution is 0.0935. The highest BCUT2D eigenvalue weighted by atomic mass is 35.5. The summed E-state index contributed by atoms with van der Waals surface area (Å²) in [5.74, 6) is -0.758. The molecule has 27 heavy (non-hydrogen) atoms. The molecule has 2 aromatic rings. The van der Waals surface area contributed by atoms with Crippen molar-refractivity contribution in [3.05, 3.63) is 51.8 Å². The van der Waals surface area contributed by atoms with Gasteiger partial charge >= 0.3 is 0 Å². The molecule has 0 aliphatic rings. The van der Waals surface area contributed by atoms with Crippen molar-refractivity contribution in [2.75, 3.05) is 19.0 Å². The Bertz CT molecular complexity index is 922. The molecule has 0 fully saturated rings. The molecule has 2 rings (SSSR count). The number of ether oxygens (including phenoxy) is 1. The van der Waals surface area contributed by atoms with Gasteiger partial charge in [0.2, 0.25) is 0 Å². The summed E-state index contributed by atoms with van der Waals surface area (Å²) in [6.07, 6.45) is 0.754. The predicted octanol–water partition coefficient (Wildman–Crippen LogP) is 3.32. The maximum atomic E-state index is 12.8. The highest BCUT2D eigenvalue weighted by Crippen LogP contribution is 2.33. The van der Waals surface area contributed by atoms with E-state index >= 15 is 0 Å². The predicted molar refractivity (Wildman–Crippen MR) is 102 cm³/mol. The van der Waals surface area contributed by atoms with E-state index in [2.05, 4.69) is 15.6 Å². The SMILES string of the molecule is CCCNC(=O)c1nc(C)ccc1C(=O)Nc1c(OC)ccc(Cl)c1C#N. The van der Waals surface area contributed by atoms with Crippen LogP contribution in [-0.2, 0) is 0 Å². The molecular formula is C19H19ClN4O3. The van der Waals surface area contributed by atoms with Crippen LogP contribution in [0.25, 0.3) is 0 Å². The molecule has 0 radical (unpaired) electrons. The van der Waals surface area contributed by atoms with Crippen molar-refractivity contribution in [1.82, 2.24) is 10.3 Å². The van der Waals surface area contributed by atoms with Gasteiger partial charge in [-0.1, -0.05) is 18.5 Å². The first-order valence-corrected chi connectivity index (χ1v) is 8.64. The second-order valence-electron chi connectivity index (χ2n) is 5.67. The first-order chi connectivity index (χ1) is 12.9. The maximum absolute atomic E-state index is 12.8. The number of amides is 2. The van der Waals surface area contributed by atoms with Crippen molar-refractivity contribution in [2.24, 2.45) is 0 Å². The molecular weight excluding hydrogens is 368 g/mol. The zero-order valence-electron chi connectivity index (χ0n) is 15.2. The standard InChI is InChI=1S/C19H19ClN4O3/c1-4-9-22-19(26)17-12(6-5-11(2)23-17)18(25)24-16-13(10-21)14(20)7-8-15(16)27-3/h5-8H,4,9H2,1-3H3,(H,22,26)(H,24,25). The minimum Gasteiger partial charge on any atom is -0.495 e. The summed E-state index contributed by atoms with van der Waals surface area (Å²) in [4.78, 5) is 29.4. The van der Waals surface area contributed by atoms with E-state index in [4.69, 9.17) is 16.3 Å². The summed E-state index contributed by atoms with van der Waals surface area (Å²) in [5.41, 5.74) is 0.909. The van der Waals surface area contributed by atoms with Crippen LogP contribution in [0, 0.1) is 18.3 Å². The van der Waals surface area contributed by atoms with Crippen molar-refractivity contribution >= 4 is 29.1 Å². The average Bonchev–Trinajstić information content (AvgIpc) is 2.66. The smallest absolute Gasteiger partial charge is 0.270 e. The van der Waals surface area contributed by atoms with Gasteiger partial charge in [0.25, 0.3) is 11.8 Å². The number of halogens is 1. The Balaban J connectivity index is 2.45. The summed E-state index contributed by atoms with van der Waals surface area (Å²) >= 11 is 6.04. The third-order valence-electron chi connectivity index (χ3n) is 3.72. The lowest BCUT2D eigenvalue weighted by atomic mass is 10.1. The van der Waals surface area contributed by atoms with Crippen LogP contribution in [0.15, 0.2) is 24.3 Å². The molecule has 0 atom stereocenters. The molecule has 0 saturated carbocycles. The monoisotopic (exact) mass is 386 g/mol. The number of hydrogen-bond donors (Lipinski definition) is 2. The number of nitrogens with zero attached hydrogens (tertiary/aromatic N) is 2. The average molecular weight is 387 g/mol. The van der Waals surface area contributed by atoms with Crippen LogP contribution >= 0.6 is 11.6 Å². The van der Waals surface area contributed by atoms with Gasteiger partial charge < -0.3 is 15.4 Å².